The summed E-state index contributed by atoms with van der Waals surface area (Å²) < 4.78 is 30.4. The lowest BCUT2D eigenvalue weighted by molar-refractivity contribution is -0.870. The maximum absolute atomic E-state index is 13.6. The van der Waals surface area contributed by atoms with E-state index < -0.39 is 26.6 Å². The van der Waals surface area contributed by atoms with Crippen LogP contribution < -0.4 is 10.2 Å². The highest BCUT2D eigenvalue weighted by Gasteiger charge is 2.27. The number of hydrogen-bond donors (Lipinski definition) is 1. The lowest BCUT2D eigenvalue weighted by Gasteiger charge is -2.30. The van der Waals surface area contributed by atoms with Crippen LogP contribution in [0.4, 0.5) is 0 Å². The van der Waals surface area contributed by atoms with E-state index in [0.29, 0.717) is 17.4 Å². The molecule has 0 aromatic carbocycles. The topological polar surface area (TPSA) is 114 Å². The Kier molecular flexibility index (Phi) is 58.7. The van der Waals surface area contributed by atoms with Crippen LogP contribution in [0, 0.1) is 0 Å². The molecule has 3 atom stereocenters. The van der Waals surface area contributed by atoms with Crippen LogP contribution in [0.2, 0.25) is 0 Å². The van der Waals surface area contributed by atoms with E-state index in [0.717, 1.165) is 103 Å². The van der Waals surface area contributed by atoms with Crippen molar-refractivity contribution in [2.75, 3.05) is 40.9 Å². The normalized spacial score (nSPS) is 14.0. The van der Waals surface area contributed by atoms with E-state index in [4.69, 9.17) is 13.8 Å². The molecular weight excluding hydrogens is 1020 g/mol. The van der Waals surface area contributed by atoms with Crippen LogP contribution in [0.25, 0.3) is 0 Å². The molecular formula is C71H131N2O7P. The highest BCUT2D eigenvalue weighted by atomic mass is 31.2. The van der Waals surface area contributed by atoms with Crippen molar-refractivity contribution < 1.29 is 37.3 Å². The Morgan fingerprint density at radius 1 is 0.432 bits per heavy atom. The molecule has 0 heterocycles. The Balaban J connectivity index is 5.17. The fourth-order valence-corrected chi connectivity index (χ4v) is 10.5. The number of rotatable bonds is 62. The molecule has 10 heteroatoms. The second-order valence-electron chi connectivity index (χ2n) is 24.3. The first-order valence-electron chi connectivity index (χ1n) is 34.2. The Labute approximate surface area is 502 Å². The van der Waals surface area contributed by atoms with Crippen molar-refractivity contribution in [3.05, 3.63) is 72.9 Å². The van der Waals surface area contributed by atoms with E-state index in [1.165, 1.54) is 180 Å². The number of esters is 1. The molecule has 9 nitrogen and oxygen atoms in total. The molecule has 0 saturated heterocycles. The van der Waals surface area contributed by atoms with E-state index in [9.17, 15) is 19.0 Å². The molecule has 0 aliphatic heterocycles. The number of nitrogens with zero attached hydrogens (tertiary/aromatic N) is 1. The van der Waals surface area contributed by atoms with Crippen molar-refractivity contribution in [1.29, 1.82) is 0 Å². The molecule has 0 saturated carbocycles. The Bertz CT molecular complexity index is 1620. The van der Waals surface area contributed by atoms with Crippen molar-refractivity contribution >= 4 is 19.7 Å². The summed E-state index contributed by atoms with van der Waals surface area (Å²) in [5, 5.41) is 3.03. The summed E-state index contributed by atoms with van der Waals surface area (Å²) in [7, 11) is 1.18. The molecule has 0 aromatic rings. The molecule has 1 N–H and O–H groups in total. The number of quaternary nitrogens is 1. The zero-order valence-corrected chi connectivity index (χ0v) is 54.9. The average molecular weight is 1160 g/mol. The van der Waals surface area contributed by atoms with Gasteiger partial charge in [0.2, 0.25) is 5.91 Å². The van der Waals surface area contributed by atoms with Gasteiger partial charge in [-0.2, -0.15) is 0 Å². The maximum atomic E-state index is 13.6. The van der Waals surface area contributed by atoms with E-state index in [2.05, 4.69) is 86.8 Å². The fraction of sp³-hybridized carbons (Fsp3) is 0.803. The number of allylic oxidation sites excluding steroid dienone is 11. The van der Waals surface area contributed by atoms with Crippen LogP contribution in [-0.4, -0.2) is 69.4 Å². The van der Waals surface area contributed by atoms with Gasteiger partial charge in [-0.3, -0.25) is 14.2 Å². The highest BCUT2D eigenvalue weighted by molar-refractivity contribution is 7.45. The number of amides is 1. The van der Waals surface area contributed by atoms with Gasteiger partial charge in [-0.15, -0.1) is 0 Å². The van der Waals surface area contributed by atoms with Gasteiger partial charge in [0.15, 0.2) is 0 Å². The van der Waals surface area contributed by atoms with Crippen LogP contribution in [0.5, 0.6) is 0 Å². The number of phosphoric ester groups is 1. The summed E-state index contributed by atoms with van der Waals surface area (Å²) in [4.78, 5) is 40.1. The number of phosphoric acid groups is 1. The molecule has 0 aliphatic rings. The highest BCUT2D eigenvalue weighted by Crippen LogP contribution is 2.38. The van der Waals surface area contributed by atoms with Gasteiger partial charge in [-0.05, 0) is 102 Å². The van der Waals surface area contributed by atoms with Crippen LogP contribution in [0.15, 0.2) is 72.9 Å². The minimum Gasteiger partial charge on any atom is -0.756 e. The molecule has 0 bridgehead atoms. The largest absolute Gasteiger partial charge is 0.756 e. The van der Waals surface area contributed by atoms with Crippen molar-refractivity contribution in [3.63, 3.8) is 0 Å². The van der Waals surface area contributed by atoms with Gasteiger partial charge in [-0.25, -0.2) is 0 Å². The summed E-state index contributed by atoms with van der Waals surface area (Å²) in [5.74, 6) is -0.549. The summed E-state index contributed by atoms with van der Waals surface area (Å²) in [6.07, 6.45) is 78.7. The smallest absolute Gasteiger partial charge is 0.306 e. The van der Waals surface area contributed by atoms with Gasteiger partial charge in [0.25, 0.3) is 7.82 Å². The predicted octanol–water partition coefficient (Wildman–Crippen LogP) is 20.9. The number of carbonyl (C=O) groups is 2. The lowest BCUT2D eigenvalue weighted by atomic mass is 10.0. The number of carbonyl (C=O) groups excluding carboxylic acids is 2. The summed E-state index contributed by atoms with van der Waals surface area (Å²) in [5.41, 5.74) is 0. The van der Waals surface area contributed by atoms with Gasteiger partial charge in [-0.1, -0.05) is 274 Å². The predicted molar refractivity (Wildman–Crippen MR) is 348 cm³/mol. The minimum absolute atomic E-state index is 0.0266. The Morgan fingerprint density at radius 2 is 0.753 bits per heavy atom. The van der Waals surface area contributed by atoms with Crippen LogP contribution in [0.3, 0.4) is 0 Å². The fourth-order valence-electron chi connectivity index (χ4n) is 9.80. The molecule has 3 unspecified atom stereocenters. The maximum Gasteiger partial charge on any atom is 0.306 e. The molecule has 0 spiro atoms. The molecule has 81 heavy (non-hydrogen) atoms. The van der Waals surface area contributed by atoms with Crippen molar-refractivity contribution in [1.82, 2.24) is 5.32 Å². The second-order valence-corrected chi connectivity index (χ2v) is 25.7. The van der Waals surface area contributed by atoms with E-state index in [-0.39, 0.29) is 24.9 Å². The number of hydrogen-bond acceptors (Lipinski definition) is 7. The SMILES string of the molecule is CCCCC/C=C\C/C=C\C/C=C\CCCCCCCCC(=O)NC(COP(=O)([O-])OCC[N+](C)(C)C)C(/C=C/CCCCCCCCCCCCC)OC(=O)CCCCCCCCCCCCCCC/C=C\C/C=C\CCCCC. The van der Waals surface area contributed by atoms with Gasteiger partial charge in [0, 0.05) is 12.8 Å². The molecule has 0 rings (SSSR count). The quantitative estimate of drug-likeness (QED) is 0.0212. The number of nitrogens with one attached hydrogen (secondary N) is 1. The first-order valence-corrected chi connectivity index (χ1v) is 35.7. The third-order valence-corrected chi connectivity index (χ3v) is 16.1. The molecule has 0 aromatic heterocycles. The average Bonchev–Trinajstić information content (AvgIpc) is 3.44. The summed E-state index contributed by atoms with van der Waals surface area (Å²) >= 11 is 0. The number of likely N-dealkylation sites (N-methyl/N-ethyl adjacent to an activating group) is 1. The van der Waals surface area contributed by atoms with Gasteiger partial charge in [0.05, 0.1) is 33.8 Å². The number of unbranched alkanes of at least 4 members (excludes halogenated alkanes) is 36. The Morgan fingerprint density at radius 3 is 1.15 bits per heavy atom. The van der Waals surface area contributed by atoms with E-state index in [1.807, 2.05) is 33.3 Å². The second kappa shape index (κ2) is 60.6. The summed E-state index contributed by atoms with van der Waals surface area (Å²) in [6, 6.07) is -0.898. The third-order valence-electron chi connectivity index (χ3n) is 15.1. The van der Waals surface area contributed by atoms with Crippen LogP contribution in [-0.2, 0) is 27.9 Å². The molecule has 472 valence electrons. The monoisotopic (exact) mass is 1150 g/mol. The first-order chi connectivity index (χ1) is 39.4. The standard InChI is InChI=1S/C71H131N2O7P/c1-7-10-13-16-19-22-25-28-30-32-34-35-36-37-39-41-43-46-49-52-55-58-61-64-71(75)80-69(62-59-56-53-50-47-44-27-24-21-18-15-12-9-3)68(67-79-81(76,77)78-66-65-73(4,5)6)72-70(74)63-60-57-54-51-48-45-42-40-38-33-31-29-26-23-20-17-14-11-8-2/h19-20,22-23,28-31,38,40,59,62,68-69H,7-18,21,24-27,32-37,39,41-58,60-61,63-67H2,1-6H3,(H-,72,74,76,77)/b22-19-,23-20-,30-28-,31-29-,40-38-,62-59+. The van der Waals surface area contributed by atoms with Crippen molar-refractivity contribution in [3.8, 4) is 0 Å². The molecule has 1 amide bonds. The van der Waals surface area contributed by atoms with Gasteiger partial charge >= 0.3 is 5.97 Å². The van der Waals surface area contributed by atoms with E-state index >= 15 is 0 Å². The van der Waals surface area contributed by atoms with Gasteiger partial charge < -0.3 is 28.5 Å². The van der Waals surface area contributed by atoms with Gasteiger partial charge in [0.1, 0.15) is 19.3 Å². The first kappa shape index (κ1) is 78.5. The van der Waals surface area contributed by atoms with Crippen molar-refractivity contribution in [2.24, 2.45) is 0 Å². The van der Waals surface area contributed by atoms with Crippen LogP contribution >= 0.6 is 7.82 Å². The molecule has 0 aliphatic carbocycles. The Hall–Kier alpha value is -2.55. The third kappa shape index (κ3) is 61.8. The minimum atomic E-state index is -4.71. The van der Waals surface area contributed by atoms with Crippen LogP contribution in [0.1, 0.15) is 316 Å². The van der Waals surface area contributed by atoms with Crippen molar-refractivity contribution in [2.45, 2.75) is 328 Å². The molecule has 0 radical (unpaired) electrons. The van der Waals surface area contributed by atoms with E-state index in [1.54, 1.807) is 0 Å². The zero-order valence-electron chi connectivity index (χ0n) is 54.0. The number of ether oxygens (including phenoxy) is 1. The summed E-state index contributed by atoms with van der Waals surface area (Å²) in [6.45, 7) is 6.81. The molecule has 0 fully saturated rings. The lowest BCUT2D eigenvalue weighted by Crippen LogP contribution is -2.47. The zero-order chi connectivity index (χ0) is 59.3.